The number of aryl methyl sites for hydroxylation is 1. The number of carbonyl (C=O) groups is 2. The molecule has 4 aromatic rings. The largest absolute Gasteiger partial charge is 0.459 e. The molecule has 3 heterocycles. The Kier molecular flexibility index (Phi) is 7.89. The molecule has 16 heteroatoms. The van der Waals surface area contributed by atoms with E-state index >= 15 is 0 Å². The Balaban J connectivity index is 1.75. The van der Waals surface area contributed by atoms with E-state index in [-0.39, 0.29) is 39.8 Å². The second-order valence-corrected chi connectivity index (χ2v) is 9.09. The number of carbonyl (C=O) groups excluding carboxylic acids is 2. The molecule has 0 radical (unpaired) electrons. The lowest BCUT2D eigenvalue weighted by Crippen LogP contribution is -2.34. The number of halogens is 6. The van der Waals surface area contributed by atoms with Crippen LogP contribution in [-0.4, -0.2) is 54.7 Å². The molecule has 0 spiro atoms. The Morgan fingerprint density at radius 3 is 2.51 bits per heavy atom. The van der Waals surface area contributed by atoms with Crippen LogP contribution in [0.4, 0.5) is 22.0 Å². The van der Waals surface area contributed by atoms with Crippen molar-refractivity contribution in [2.45, 2.75) is 32.0 Å². The number of benzene rings is 1. The minimum atomic E-state index is -5.87. The predicted molar refractivity (Wildman–Crippen MR) is 133 cm³/mol. The number of nitriles is 1. The van der Waals surface area contributed by atoms with Crippen molar-refractivity contribution in [1.82, 2.24) is 35.1 Å². The van der Waals surface area contributed by atoms with E-state index in [1.807, 2.05) is 6.07 Å². The highest BCUT2D eigenvalue weighted by atomic mass is 35.5. The Bertz CT molecular complexity index is 1690. The van der Waals surface area contributed by atoms with Crippen molar-refractivity contribution in [3.63, 3.8) is 0 Å². The molecule has 0 saturated heterocycles. The number of nitrogens with one attached hydrogen (secondary N) is 1. The number of Topliss-reactive ketones (excluding diaryl/α,β-unsaturated/α-hetero) is 1. The molecule has 41 heavy (non-hydrogen) atoms. The Morgan fingerprint density at radius 2 is 1.88 bits per heavy atom. The van der Waals surface area contributed by atoms with E-state index in [1.54, 1.807) is 6.92 Å². The summed E-state index contributed by atoms with van der Waals surface area (Å²) < 4.78 is 66.7. The maximum Gasteiger partial charge on any atom is 0.459 e. The Hall–Kier alpha value is -4.71. The third-order valence-corrected chi connectivity index (χ3v) is 6.21. The number of pyridine rings is 1. The molecule has 0 aliphatic carbocycles. The van der Waals surface area contributed by atoms with Gasteiger partial charge in [0.15, 0.2) is 17.3 Å². The van der Waals surface area contributed by atoms with Gasteiger partial charge in [0, 0.05) is 25.2 Å². The smallest absolute Gasteiger partial charge is 0.355 e. The van der Waals surface area contributed by atoms with Crippen LogP contribution in [0.3, 0.4) is 0 Å². The highest BCUT2D eigenvalue weighted by Gasteiger charge is 2.60. The van der Waals surface area contributed by atoms with Gasteiger partial charge in [0.2, 0.25) is 0 Å². The summed E-state index contributed by atoms with van der Waals surface area (Å²) in [6, 6.07) is 9.10. The van der Waals surface area contributed by atoms with Crippen LogP contribution >= 0.6 is 11.6 Å². The number of hydrogen-bond acceptors (Lipinski definition) is 7. The average molecular weight is 593 g/mol. The minimum Gasteiger partial charge on any atom is -0.355 e. The number of nitrogens with zero attached hydrogens (tertiary/aromatic N) is 7. The van der Waals surface area contributed by atoms with Gasteiger partial charge in [-0.2, -0.15) is 47.3 Å². The normalized spacial score (nSPS) is 11.8. The molecule has 10 nitrogen and oxygen atoms in total. The Labute approximate surface area is 233 Å². The summed E-state index contributed by atoms with van der Waals surface area (Å²) in [5.74, 6) is -6.29. The summed E-state index contributed by atoms with van der Waals surface area (Å²) in [5.41, 5.74) is -0.521. The van der Waals surface area contributed by atoms with Crippen LogP contribution in [0.1, 0.15) is 48.9 Å². The number of aromatic nitrogens is 6. The predicted octanol–water partition coefficient (Wildman–Crippen LogP) is 4.18. The first kappa shape index (κ1) is 29.3. The highest BCUT2D eigenvalue weighted by Crippen LogP contribution is 2.42. The third kappa shape index (κ3) is 5.78. The van der Waals surface area contributed by atoms with E-state index in [0.29, 0.717) is 22.1 Å². The second kappa shape index (κ2) is 11.0. The molecular weight excluding hydrogens is 575 g/mol. The first-order valence-corrected chi connectivity index (χ1v) is 12.0. The van der Waals surface area contributed by atoms with Crippen LogP contribution in [0, 0.1) is 18.3 Å². The van der Waals surface area contributed by atoms with Crippen molar-refractivity contribution in [3.8, 4) is 11.9 Å². The zero-order valence-corrected chi connectivity index (χ0v) is 21.9. The van der Waals surface area contributed by atoms with Crippen molar-refractivity contribution < 1.29 is 31.5 Å². The summed E-state index contributed by atoms with van der Waals surface area (Å²) in [4.78, 5) is 30.9. The van der Waals surface area contributed by atoms with Crippen LogP contribution < -0.4 is 5.32 Å². The molecule has 1 amide bonds. The van der Waals surface area contributed by atoms with Gasteiger partial charge in [-0.25, -0.2) is 9.67 Å². The lowest BCUT2D eigenvalue weighted by atomic mass is 9.93. The lowest BCUT2D eigenvalue weighted by Gasteiger charge is -2.16. The number of amides is 1. The first-order valence-electron chi connectivity index (χ1n) is 11.6. The van der Waals surface area contributed by atoms with Gasteiger partial charge in [-0.1, -0.05) is 11.6 Å². The van der Waals surface area contributed by atoms with Crippen molar-refractivity contribution in [2.75, 3.05) is 7.05 Å². The summed E-state index contributed by atoms with van der Waals surface area (Å²) in [5, 5.41) is 22.8. The fraction of sp³-hybridized carbons (Fsp3) is 0.240. The fourth-order valence-electron chi connectivity index (χ4n) is 3.91. The minimum absolute atomic E-state index is 0.00983. The molecule has 4 rings (SSSR count). The molecule has 1 N–H and O–H groups in total. The van der Waals surface area contributed by atoms with Crippen LogP contribution in [0.5, 0.6) is 0 Å². The number of alkyl halides is 5. The first-order chi connectivity index (χ1) is 19.3. The number of hydrogen-bond donors (Lipinski definition) is 1. The van der Waals surface area contributed by atoms with Gasteiger partial charge in [-0.3, -0.25) is 9.59 Å². The maximum absolute atomic E-state index is 13.7. The topological polar surface area (TPSA) is 131 Å². The van der Waals surface area contributed by atoms with E-state index in [4.69, 9.17) is 11.6 Å². The van der Waals surface area contributed by atoms with E-state index in [0.717, 1.165) is 4.68 Å². The highest BCUT2D eigenvalue weighted by molar-refractivity contribution is 6.32. The zero-order chi connectivity index (χ0) is 30.1. The van der Waals surface area contributed by atoms with E-state index < -0.39 is 36.0 Å². The average Bonchev–Trinajstić information content (AvgIpc) is 3.56. The van der Waals surface area contributed by atoms with E-state index in [2.05, 4.69) is 25.6 Å². The molecular formula is C25H18ClF5N8O2. The summed E-state index contributed by atoms with van der Waals surface area (Å²) >= 11 is 6.27. The van der Waals surface area contributed by atoms with Gasteiger partial charge < -0.3 is 5.32 Å². The number of rotatable bonds is 8. The summed E-state index contributed by atoms with van der Waals surface area (Å²) in [6.07, 6.45) is -4.52. The van der Waals surface area contributed by atoms with Gasteiger partial charge in [-0.05, 0) is 48.4 Å². The molecule has 0 aliphatic rings. The van der Waals surface area contributed by atoms with Gasteiger partial charge >= 0.3 is 12.1 Å². The van der Waals surface area contributed by atoms with E-state index in [9.17, 15) is 36.8 Å². The van der Waals surface area contributed by atoms with Gasteiger partial charge in [0.25, 0.3) is 5.91 Å². The molecule has 3 aromatic heterocycles. The second-order valence-electron chi connectivity index (χ2n) is 8.68. The fourth-order valence-corrected chi connectivity index (χ4v) is 4.11. The van der Waals surface area contributed by atoms with E-state index in [1.165, 1.54) is 43.6 Å². The quantitative estimate of drug-likeness (QED) is 0.240. The molecule has 0 atom stereocenters. The molecule has 0 fully saturated rings. The maximum atomic E-state index is 13.7. The van der Waals surface area contributed by atoms with Crippen molar-refractivity contribution in [3.05, 3.63) is 87.1 Å². The van der Waals surface area contributed by atoms with Crippen molar-refractivity contribution >= 4 is 23.3 Å². The monoisotopic (exact) mass is 592 g/mol. The van der Waals surface area contributed by atoms with Crippen LogP contribution in [0.25, 0.3) is 5.82 Å². The summed E-state index contributed by atoms with van der Waals surface area (Å²) in [6.45, 7) is 1.15. The van der Waals surface area contributed by atoms with Crippen LogP contribution in [0.2, 0.25) is 5.02 Å². The number of ketones is 1. The van der Waals surface area contributed by atoms with Gasteiger partial charge in [-0.15, -0.1) is 0 Å². The lowest BCUT2D eigenvalue weighted by molar-refractivity contribution is -0.291. The van der Waals surface area contributed by atoms with Crippen LogP contribution in [0.15, 0.2) is 42.7 Å². The van der Waals surface area contributed by atoms with Crippen molar-refractivity contribution in [1.29, 1.82) is 5.26 Å². The zero-order valence-electron chi connectivity index (χ0n) is 21.2. The summed E-state index contributed by atoms with van der Waals surface area (Å²) in [7, 11) is 1.39. The molecule has 1 aromatic carbocycles. The van der Waals surface area contributed by atoms with Crippen LogP contribution in [-0.2, 0) is 18.9 Å². The van der Waals surface area contributed by atoms with Crippen molar-refractivity contribution in [2.24, 2.45) is 0 Å². The Morgan fingerprint density at radius 1 is 1.15 bits per heavy atom. The molecule has 0 aliphatic heterocycles. The molecule has 212 valence electrons. The standard InChI is InChI=1S/C25H18ClF5N8O2/c1-13-6-14(10-32)7-17(23(41)33-2)16(13)9-20(40)19-8-15(36-39(19)22-18(26)4-3-5-34-22)12-38-35-11-21(37-38)24(27,28)25(29,30)31/h3-8,11H,9,12H2,1-2H3,(H,33,41). The third-order valence-electron chi connectivity index (χ3n) is 5.91. The molecule has 0 saturated carbocycles. The van der Waals surface area contributed by atoms with Gasteiger partial charge in [0.1, 0.15) is 12.2 Å². The molecule has 0 bridgehead atoms. The SMILES string of the molecule is CNC(=O)c1cc(C#N)cc(C)c1CC(=O)c1cc(Cn2ncc(C(F)(F)C(F)(F)F)n2)nn1-c1ncccc1Cl. The van der Waals surface area contributed by atoms with Gasteiger partial charge in [0.05, 0.1) is 28.5 Å². The molecule has 0 unspecified atom stereocenters.